The van der Waals surface area contributed by atoms with E-state index in [4.69, 9.17) is 16.2 Å². The third kappa shape index (κ3) is 5.20. The highest BCUT2D eigenvalue weighted by Crippen LogP contribution is 2.29. The Labute approximate surface area is 191 Å². The molecule has 1 unspecified atom stereocenters. The second-order valence-electron chi connectivity index (χ2n) is 8.07. The van der Waals surface area contributed by atoms with Crippen LogP contribution in [0.5, 0.6) is 5.75 Å². The molecule has 1 amide bonds. The quantitative estimate of drug-likeness (QED) is 0.431. The van der Waals surface area contributed by atoms with E-state index in [1.807, 2.05) is 24.3 Å². The maximum absolute atomic E-state index is 14.7. The Bertz CT molecular complexity index is 1160. The summed E-state index contributed by atoms with van der Waals surface area (Å²) in [5.41, 5.74) is 13.8. The van der Waals surface area contributed by atoms with E-state index < -0.39 is 11.7 Å². The van der Waals surface area contributed by atoms with Gasteiger partial charge in [-0.25, -0.2) is 9.37 Å². The van der Waals surface area contributed by atoms with Crippen molar-refractivity contribution in [2.75, 3.05) is 17.7 Å². The number of pyridine rings is 2. The first-order chi connectivity index (χ1) is 15.9. The number of primary amides is 1. The summed E-state index contributed by atoms with van der Waals surface area (Å²) in [5, 5.41) is 6.20. The van der Waals surface area contributed by atoms with Gasteiger partial charge < -0.3 is 26.8 Å². The lowest BCUT2D eigenvalue weighted by atomic mass is 9.91. The van der Waals surface area contributed by atoms with E-state index in [0.717, 1.165) is 37.3 Å². The molecule has 4 rings (SSSR count). The number of anilines is 3. The molecule has 3 aromatic rings. The van der Waals surface area contributed by atoms with Crippen molar-refractivity contribution < 1.29 is 13.9 Å². The van der Waals surface area contributed by atoms with Gasteiger partial charge in [0.05, 0.1) is 18.4 Å². The number of carbonyl (C=O) groups excluding carboxylic acids is 1. The van der Waals surface area contributed by atoms with Crippen molar-refractivity contribution in [2.45, 2.75) is 37.8 Å². The molecule has 0 radical (unpaired) electrons. The van der Waals surface area contributed by atoms with Gasteiger partial charge in [0.25, 0.3) is 5.91 Å². The normalized spacial score (nSPS) is 17.9. The Morgan fingerprint density at radius 3 is 2.73 bits per heavy atom. The van der Waals surface area contributed by atoms with Crippen LogP contribution in [0.15, 0.2) is 48.7 Å². The minimum atomic E-state index is -0.785. The minimum absolute atomic E-state index is 0.0342. The van der Waals surface area contributed by atoms with Gasteiger partial charge >= 0.3 is 0 Å². The third-order valence-corrected chi connectivity index (χ3v) is 5.77. The van der Waals surface area contributed by atoms with Crippen molar-refractivity contribution in [3.63, 3.8) is 0 Å². The van der Waals surface area contributed by atoms with Crippen LogP contribution in [0, 0.1) is 5.82 Å². The molecule has 6 N–H and O–H groups in total. The van der Waals surface area contributed by atoms with E-state index in [1.54, 1.807) is 25.4 Å². The zero-order valence-corrected chi connectivity index (χ0v) is 18.3. The number of ether oxygens (including phenoxy) is 1. The zero-order valence-electron chi connectivity index (χ0n) is 18.3. The number of hydrogen-bond acceptors (Lipinski definition) is 7. The first kappa shape index (κ1) is 22.5. The standard InChI is InChI=1S/C24H27FN6O2/c1-33-16-6-4-5-14(11-16)21-12-15(9-10-28-21)29-23-17(22(27)32)13-18(25)24(31-23)30-20-8-3-2-7-19(20)26/h4-6,9-13,19-20H,2-3,7-8,26H2,1H3,(H2,27,32)(H2,28,29,30,31)/t19-,20?/m0/s1. The Morgan fingerprint density at radius 2 is 1.97 bits per heavy atom. The maximum atomic E-state index is 14.7. The zero-order chi connectivity index (χ0) is 23.4. The molecule has 2 atom stereocenters. The number of nitrogens with one attached hydrogen (secondary N) is 2. The molecule has 33 heavy (non-hydrogen) atoms. The second-order valence-corrected chi connectivity index (χ2v) is 8.07. The predicted octanol–water partition coefficient (Wildman–Crippen LogP) is 3.82. The summed E-state index contributed by atoms with van der Waals surface area (Å²) < 4.78 is 20.0. The summed E-state index contributed by atoms with van der Waals surface area (Å²) in [5.74, 6) is -0.545. The average molecular weight is 451 g/mol. The van der Waals surface area contributed by atoms with Gasteiger partial charge in [0, 0.05) is 29.5 Å². The number of nitrogens with two attached hydrogens (primary N) is 2. The number of methoxy groups -OCH3 is 1. The van der Waals surface area contributed by atoms with Crippen LogP contribution in [-0.2, 0) is 0 Å². The van der Waals surface area contributed by atoms with Gasteiger partial charge in [0.15, 0.2) is 11.6 Å². The Hall–Kier alpha value is -3.72. The molecule has 9 heteroatoms. The molecular weight excluding hydrogens is 423 g/mol. The molecule has 0 bridgehead atoms. The fraction of sp³-hybridized carbons (Fsp3) is 0.292. The number of halogens is 1. The number of aromatic nitrogens is 2. The van der Waals surface area contributed by atoms with E-state index in [2.05, 4.69) is 20.6 Å². The number of nitrogens with zero attached hydrogens (tertiary/aromatic N) is 2. The van der Waals surface area contributed by atoms with E-state index in [1.165, 1.54) is 0 Å². The number of benzene rings is 1. The van der Waals surface area contributed by atoms with Crippen LogP contribution in [-0.4, -0.2) is 35.1 Å². The lowest BCUT2D eigenvalue weighted by Crippen LogP contribution is -2.43. The van der Waals surface area contributed by atoms with Crippen molar-refractivity contribution in [1.82, 2.24) is 9.97 Å². The smallest absolute Gasteiger partial charge is 0.252 e. The van der Waals surface area contributed by atoms with E-state index in [0.29, 0.717) is 17.1 Å². The summed E-state index contributed by atoms with van der Waals surface area (Å²) in [6, 6.07) is 11.9. The predicted molar refractivity (Wildman–Crippen MR) is 126 cm³/mol. The van der Waals surface area contributed by atoms with Crippen LogP contribution in [0.2, 0.25) is 0 Å². The lowest BCUT2D eigenvalue weighted by molar-refractivity contribution is 0.100. The lowest BCUT2D eigenvalue weighted by Gasteiger charge is -2.30. The molecule has 1 aromatic carbocycles. The van der Waals surface area contributed by atoms with E-state index >= 15 is 0 Å². The van der Waals surface area contributed by atoms with Crippen LogP contribution >= 0.6 is 0 Å². The first-order valence-corrected chi connectivity index (χ1v) is 10.8. The van der Waals surface area contributed by atoms with Crippen LogP contribution < -0.4 is 26.8 Å². The highest BCUT2D eigenvalue weighted by atomic mass is 19.1. The van der Waals surface area contributed by atoms with Gasteiger partial charge in [-0.2, -0.15) is 0 Å². The van der Waals surface area contributed by atoms with Gasteiger partial charge in [-0.05, 0) is 43.2 Å². The molecule has 2 aromatic heterocycles. The molecule has 8 nitrogen and oxygen atoms in total. The number of amides is 1. The Morgan fingerprint density at radius 1 is 1.15 bits per heavy atom. The van der Waals surface area contributed by atoms with Gasteiger partial charge in [-0.1, -0.05) is 25.0 Å². The van der Waals surface area contributed by atoms with Crippen molar-refractivity contribution in [3.05, 3.63) is 60.0 Å². The summed E-state index contributed by atoms with van der Waals surface area (Å²) in [4.78, 5) is 20.7. The van der Waals surface area contributed by atoms with Crippen LogP contribution in [0.4, 0.5) is 21.7 Å². The van der Waals surface area contributed by atoms with Gasteiger partial charge in [-0.15, -0.1) is 0 Å². The highest BCUT2D eigenvalue weighted by Gasteiger charge is 2.24. The molecule has 0 spiro atoms. The van der Waals surface area contributed by atoms with E-state index in [9.17, 15) is 9.18 Å². The molecule has 1 fully saturated rings. The Balaban J connectivity index is 1.64. The number of rotatable bonds is 7. The molecular formula is C24H27FN6O2. The monoisotopic (exact) mass is 450 g/mol. The molecule has 1 aliphatic carbocycles. The highest BCUT2D eigenvalue weighted by molar-refractivity contribution is 5.98. The largest absolute Gasteiger partial charge is 0.497 e. The minimum Gasteiger partial charge on any atom is -0.497 e. The second kappa shape index (κ2) is 9.83. The third-order valence-electron chi connectivity index (χ3n) is 5.77. The Kier molecular flexibility index (Phi) is 6.69. The van der Waals surface area contributed by atoms with Crippen molar-refractivity contribution in [3.8, 4) is 17.0 Å². The number of hydrogen-bond donors (Lipinski definition) is 4. The van der Waals surface area contributed by atoms with Gasteiger partial charge in [-0.3, -0.25) is 9.78 Å². The van der Waals surface area contributed by atoms with Crippen LogP contribution in [0.3, 0.4) is 0 Å². The summed E-state index contributed by atoms with van der Waals surface area (Å²) in [6.45, 7) is 0. The van der Waals surface area contributed by atoms with Crippen molar-refractivity contribution >= 4 is 23.2 Å². The molecule has 0 aliphatic heterocycles. The molecule has 2 heterocycles. The fourth-order valence-electron chi connectivity index (χ4n) is 3.97. The van der Waals surface area contributed by atoms with Crippen molar-refractivity contribution in [2.24, 2.45) is 11.5 Å². The van der Waals surface area contributed by atoms with Gasteiger partial charge in [0.2, 0.25) is 0 Å². The molecule has 0 saturated heterocycles. The SMILES string of the molecule is COc1cccc(-c2cc(Nc3nc(NC4CCCC[C@@H]4N)c(F)cc3C(N)=O)ccn2)c1. The average Bonchev–Trinajstić information content (AvgIpc) is 2.82. The van der Waals surface area contributed by atoms with E-state index in [-0.39, 0.29) is 29.3 Å². The van der Waals surface area contributed by atoms with Crippen molar-refractivity contribution in [1.29, 1.82) is 0 Å². The first-order valence-electron chi connectivity index (χ1n) is 10.8. The summed E-state index contributed by atoms with van der Waals surface area (Å²) >= 11 is 0. The fourth-order valence-corrected chi connectivity index (χ4v) is 3.97. The summed E-state index contributed by atoms with van der Waals surface area (Å²) in [6.07, 6.45) is 5.40. The van der Waals surface area contributed by atoms with Gasteiger partial charge in [0.1, 0.15) is 11.6 Å². The topological polar surface area (TPSA) is 128 Å². The summed E-state index contributed by atoms with van der Waals surface area (Å²) in [7, 11) is 1.60. The van der Waals surface area contributed by atoms with Crippen LogP contribution in [0.1, 0.15) is 36.0 Å². The number of carbonyl (C=O) groups is 1. The molecule has 1 saturated carbocycles. The molecule has 172 valence electrons. The van der Waals surface area contributed by atoms with Crippen LogP contribution in [0.25, 0.3) is 11.3 Å². The maximum Gasteiger partial charge on any atom is 0.252 e. The molecule has 1 aliphatic rings.